The van der Waals surface area contributed by atoms with Crippen molar-refractivity contribution in [1.82, 2.24) is 4.98 Å². The molecule has 0 saturated carbocycles. The largest absolute Gasteiger partial charge is 0.461 e. The van der Waals surface area contributed by atoms with Crippen molar-refractivity contribution in [2.45, 2.75) is 6.92 Å². The van der Waals surface area contributed by atoms with E-state index in [9.17, 15) is 4.79 Å². The van der Waals surface area contributed by atoms with Gasteiger partial charge in [-0.25, -0.2) is 9.78 Å². The Kier molecular flexibility index (Phi) is 2.70. The number of nitrogens with zero attached hydrogens (tertiary/aromatic N) is 2. The van der Waals surface area contributed by atoms with Crippen LogP contribution in [0.3, 0.4) is 0 Å². The Labute approximate surface area is 94.9 Å². The Morgan fingerprint density at radius 3 is 3.20 bits per heavy atom. The molecule has 82 valence electrons. The standard InChI is InChI=1S/C8H11N3O3S/c1-3-14-7(12)6(11-13-2)5-4-15-8(9)10-5/h4H,3H2,1-2H3,(H2,9,10)/b11-6-/i2D3. The fourth-order valence-corrected chi connectivity index (χ4v) is 1.38. The van der Waals surface area contributed by atoms with Gasteiger partial charge >= 0.3 is 5.97 Å². The van der Waals surface area contributed by atoms with Crippen LogP contribution in [0.25, 0.3) is 0 Å². The summed E-state index contributed by atoms with van der Waals surface area (Å²) in [6.07, 6.45) is 0. The number of anilines is 1. The monoisotopic (exact) mass is 232 g/mol. The highest BCUT2D eigenvalue weighted by Crippen LogP contribution is 2.12. The van der Waals surface area contributed by atoms with Crippen molar-refractivity contribution in [3.05, 3.63) is 11.1 Å². The molecule has 15 heavy (non-hydrogen) atoms. The van der Waals surface area contributed by atoms with Crippen LogP contribution in [-0.2, 0) is 14.4 Å². The van der Waals surface area contributed by atoms with Gasteiger partial charge in [0.1, 0.15) is 12.7 Å². The zero-order valence-electron chi connectivity index (χ0n) is 10.9. The molecule has 1 aromatic heterocycles. The van der Waals surface area contributed by atoms with Gasteiger partial charge in [-0.15, -0.1) is 11.3 Å². The predicted molar refractivity (Wildman–Crippen MR) is 56.7 cm³/mol. The molecule has 0 unspecified atom stereocenters. The summed E-state index contributed by atoms with van der Waals surface area (Å²) in [4.78, 5) is 19.6. The zero-order chi connectivity index (χ0) is 13.8. The second-order valence-corrected chi connectivity index (χ2v) is 3.21. The van der Waals surface area contributed by atoms with Crippen LogP contribution in [0.15, 0.2) is 10.5 Å². The quantitative estimate of drug-likeness (QED) is 0.467. The van der Waals surface area contributed by atoms with Crippen LogP contribution < -0.4 is 5.73 Å². The first-order valence-electron chi connectivity index (χ1n) is 5.48. The van der Waals surface area contributed by atoms with Crippen LogP contribution in [0.2, 0.25) is 0 Å². The summed E-state index contributed by atoms with van der Waals surface area (Å²) in [5.41, 5.74) is 5.20. The minimum Gasteiger partial charge on any atom is -0.461 e. The average molecular weight is 232 g/mol. The second-order valence-electron chi connectivity index (χ2n) is 2.32. The van der Waals surface area contributed by atoms with E-state index in [2.05, 4.69) is 15.0 Å². The number of oxime groups is 1. The molecule has 7 heteroatoms. The van der Waals surface area contributed by atoms with Gasteiger partial charge in [-0.1, -0.05) is 5.16 Å². The minimum atomic E-state index is -2.75. The van der Waals surface area contributed by atoms with E-state index in [0.29, 0.717) is 0 Å². The van der Waals surface area contributed by atoms with Crippen LogP contribution in [0.5, 0.6) is 0 Å². The van der Waals surface area contributed by atoms with Crippen molar-refractivity contribution >= 4 is 28.1 Å². The van der Waals surface area contributed by atoms with Crippen molar-refractivity contribution < 1.29 is 18.5 Å². The summed E-state index contributed by atoms with van der Waals surface area (Å²) in [6, 6.07) is 0. The lowest BCUT2D eigenvalue weighted by molar-refractivity contribution is -0.135. The molecule has 0 amide bonds. The number of nitrogens with two attached hydrogens (primary N) is 1. The topological polar surface area (TPSA) is 86.8 Å². The van der Waals surface area contributed by atoms with Crippen LogP contribution >= 0.6 is 11.3 Å². The number of hydrogen-bond donors (Lipinski definition) is 1. The van der Waals surface area contributed by atoms with Gasteiger partial charge in [0.2, 0.25) is 5.71 Å². The van der Waals surface area contributed by atoms with Gasteiger partial charge in [0.25, 0.3) is 0 Å². The number of esters is 1. The fourth-order valence-electron chi connectivity index (χ4n) is 0.830. The molecule has 0 spiro atoms. The Balaban J connectivity index is 2.99. The van der Waals surface area contributed by atoms with Gasteiger partial charge in [0, 0.05) is 5.38 Å². The molecule has 0 bridgehead atoms. The van der Waals surface area contributed by atoms with E-state index in [1.54, 1.807) is 6.92 Å². The maximum absolute atomic E-state index is 11.6. The van der Waals surface area contributed by atoms with Gasteiger partial charge in [-0.2, -0.15) is 0 Å². The molecule has 0 saturated heterocycles. The Hall–Kier alpha value is -1.63. The molecule has 0 aliphatic carbocycles. The third-order valence-electron chi connectivity index (χ3n) is 1.37. The average Bonchev–Trinajstić information content (AvgIpc) is 2.64. The van der Waals surface area contributed by atoms with Crippen LogP contribution in [0, 0.1) is 0 Å². The molecule has 6 nitrogen and oxygen atoms in total. The third-order valence-corrected chi connectivity index (χ3v) is 2.04. The summed E-state index contributed by atoms with van der Waals surface area (Å²) in [5, 5.41) is 4.94. The third kappa shape index (κ3) is 2.91. The normalized spacial score (nSPS) is 15.0. The van der Waals surface area contributed by atoms with Crippen molar-refractivity contribution in [3.8, 4) is 0 Å². The second kappa shape index (κ2) is 5.30. The highest BCUT2D eigenvalue weighted by molar-refractivity contribution is 7.13. The number of hydrogen-bond acceptors (Lipinski definition) is 7. The number of thiazole rings is 1. The molecule has 1 rings (SSSR count). The van der Waals surface area contributed by atoms with E-state index in [0.717, 1.165) is 11.3 Å². The number of carbonyl (C=O) groups is 1. The first kappa shape index (κ1) is 7.63. The van der Waals surface area contributed by atoms with Gasteiger partial charge < -0.3 is 15.3 Å². The fraction of sp³-hybridized carbons (Fsp3) is 0.375. The number of ether oxygens (including phenoxy) is 1. The maximum Gasteiger partial charge on any atom is 0.362 e. The molecular formula is C8H11N3O3S. The van der Waals surface area contributed by atoms with Crippen molar-refractivity contribution in [2.24, 2.45) is 5.16 Å². The number of carbonyl (C=O) groups excluding carboxylic acids is 1. The van der Waals surface area contributed by atoms with Gasteiger partial charge in [-0.05, 0) is 6.92 Å². The Bertz CT molecular complexity index is 458. The van der Waals surface area contributed by atoms with Crippen LogP contribution in [-0.4, -0.2) is 30.3 Å². The van der Waals surface area contributed by atoms with Crippen molar-refractivity contribution in [3.63, 3.8) is 0 Å². The Morgan fingerprint density at radius 1 is 1.87 bits per heavy atom. The van der Waals surface area contributed by atoms with Crippen molar-refractivity contribution in [1.29, 1.82) is 0 Å². The van der Waals surface area contributed by atoms with Gasteiger partial charge in [-0.3, -0.25) is 0 Å². The zero-order valence-corrected chi connectivity index (χ0v) is 8.71. The lowest BCUT2D eigenvalue weighted by Gasteiger charge is -2.01. The number of rotatable bonds is 4. The van der Waals surface area contributed by atoms with E-state index < -0.39 is 13.0 Å². The van der Waals surface area contributed by atoms with Gasteiger partial charge in [0.15, 0.2) is 5.13 Å². The molecule has 1 aromatic rings. The number of aromatic nitrogens is 1. The summed E-state index contributed by atoms with van der Waals surface area (Å²) in [6.45, 7) is 1.72. The van der Waals surface area contributed by atoms with Gasteiger partial charge in [0.05, 0.1) is 10.7 Å². The Morgan fingerprint density at radius 2 is 2.67 bits per heavy atom. The molecule has 0 aliphatic heterocycles. The SMILES string of the molecule is [2H]C([2H])([2H])O/N=C(\C(=O)OCC)c1csc(N)n1. The molecule has 0 aliphatic rings. The van der Waals surface area contributed by atoms with Crippen molar-refractivity contribution in [2.75, 3.05) is 19.4 Å². The van der Waals surface area contributed by atoms with E-state index in [-0.39, 0.29) is 23.1 Å². The lowest BCUT2D eigenvalue weighted by Crippen LogP contribution is -2.19. The van der Waals surface area contributed by atoms with E-state index in [1.807, 2.05) is 0 Å². The summed E-state index contributed by atoms with van der Waals surface area (Å²) >= 11 is 1.08. The highest BCUT2D eigenvalue weighted by Gasteiger charge is 2.19. The molecule has 0 fully saturated rings. The molecule has 0 atom stereocenters. The first-order valence-corrected chi connectivity index (χ1v) is 4.86. The predicted octanol–water partition coefficient (Wildman–Crippen LogP) is 0.639. The molecule has 1 heterocycles. The lowest BCUT2D eigenvalue weighted by atomic mass is 10.3. The first-order chi connectivity index (χ1) is 8.33. The van der Waals surface area contributed by atoms with E-state index in [4.69, 9.17) is 14.6 Å². The summed E-state index contributed by atoms with van der Waals surface area (Å²) in [7, 11) is -2.75. The molecular weight excluding hydrogens is 218 g/mol. The van der Waals surface area contributed by atoms with E-state index >= 15 is 0 Å². The minimum absolute atomic E-state index is 0.111. The maximum atomic E-state index is 11.6. The summed E-state index contributed by atoms with van der Waals surface area (Å²) in [5.74, 6) is -0.827. The summed E-state index contributed by atoms with van der Waals surface area (Å²) < 4.78 is 25.3. The molecule has 2 N–H and O–H groups in total. The highest BCUT2D eigenvalue weighted by atomic mass is 32.1. The van der Waals surface area contributed by atoms with Crippen LogP contribution in [0.4, 0.5) is 5.13 Å². The molecule has 0 aromatic carbocycles. The van der Waals surface area contributed by atoms with E-state index in [1.165, 1.54) is 5.38 Å². The molecule has 0 radical (unpaired) electrons. The number of nitrogen functional groups attached to an aromatic ring is 1. The smallest absolute Gasteiger partial charge is 0.362 e. The van der Waals surface area contributed by atoms with Crippen LogP contribution in [0.1, 0.15) is 16.7 Å².